The van der Waals surface area contributed by atoms with E-state index in [2.05, 4.69) is 25.0 Å². The van der Waals surface area contributed by atoms with Gasteiger partial charge in [0.1, 0.15) is 6.54 Å². The van der Waals surface area contributed by atoms with E-state index in [0.29, 0.717) is 11.6 Å². The number of aryl methyl sites for hydroxylation is 1. The van der Waals surface area contributed by atoms with Crippen LogP contribution in [0.3, 0.4) is 0 Å². The zero-order chi connectivity index (χ0) is 20.7. The summed E-state index contributed by atoms with van der Waals surface area (Å²) in [4.78, 5) is 18.7. The first-order chi connectivity index (χ1) is 14.7. The summed E-state index contributed by atoms with van der Waals surface area (Å²) >= 11 is 0. The van der Waals surface area contributed by atoms with E-state index in [1.807, 2.05) is 53.2 Å². The first-order valence-corrected chi connectivity index (χ1v) is 10.4. The molecule has 0 aliphatic heterocycles. The summed E-state index contributed by atoms with van der Waals surface area (Å²) in [5.74, 6) is 3.28. The van der Waals surface area contributed by atoms with E-state index in [4.69, 9.17) is 11.4 Å². The molecule has 0 unspecified atom stereocenters. The third-order valence-corrected chi connectivity index (χ3v) is 6.01. The van der Waals surface area contributed by atoms with Gasteiger partial charge < -0.3 is 0 Å². The molecular weight excluding hydrogens is 370 g/mol. The van der Waals surface area contributed by atoms with Crippen LogP contribution in [0.15, 0.2) is 65.5 Å². The van der Waals surface area contributed by atoms with Crippen LogP contribution in [0.5, 0.6) is 0 Å². The lowest BCUT2D eigenvalue weighted by Crippen LogP contribution is -2.21. The number of terminal acetylenes is 1. The molecule has 0 amide bonds. The minimum absolute atomic E-state index is 0.0376. The van der Waals surface area contributed by atoms with Crippen LogP contribution < -0.4 is 5.56 Å². The number of pyridine rings is 1. The van der Waals surface area contributed by atoms with Crippen LogP contribution in [0.2, 0.25) is 0 Å². The summed E-state index contributed by atoms with van der Waals surface area (Å²) in [7, 11) is 0. The van der Waals surface area contributed by atoms with Crippen molar-refractivity contribution in [3.63, 3.8) is 0 Å². The van der Waals surface area contributed by atoms with E-state index >= 15 is 0 Å². The Morgan fingerprint density at radius 1 is 1.07 bits per heavy atom. The molecule has 148 valence electrons. The normalized spacial score (nSPS) is 15.7. The molecule has 0 bridgehead atoms. The molecule has 2 heterocycles. The van der Waals surface area contributed by atoms with Gasteiger partial charge in [0.05, 0.1) is 16.8 Å². The van der Waals surface area contributed by atoms with E-state index in [0.717, 1.165) is 47.2 Å². The summed E-state index contributed by atoms with van der Waals surface area (Å²) in [6, 6.07) is 19.9. The molecule has 1 atom stereocenters. The molecule has 0 saturated heterocycles. The maximum Gasteiger partial charge on any atom is 0.281 e. The smallest absolute Gasteiger partial charge is 0.267 e. The lowest BCUT2D eigenvalue weighted by atomic mass is 9.82. The van der Waals surface area contributed by atoms with E-state index < -0.39 is 0 Å². The van der Waals surface area contributed by atoms with Crippen molar-refractivity contribution in [2.45, 2.75) is 32.7 Å². The van der Waals surface area contributed by atoms with E-state index in [1.54, 1.807) is 4.68 Å². The van der Waals surface area contributed by atoms with Gasteiger partial charge in [0, 0.05) is 5.56 Å². The molecule has 0 fully saturated rings. The quantitative estimate of drug-likeness (QED) is 0.477. The number of hydrogen-bond donors (Lipinski definition) is 0. The number of benzene rings is 2. The zero-order valence-corrected chi connectivity index (χ0v) is 17.0. The highest BCUT2D eigenvalue weighted by atomic mass is 16.1. The maximum absolute atomic E-state index is 13.7. The highest BCUT2D eigenvalue weighted by Crippen LogP contribution is 2.36. The second-order valence-electron chi connectivity index (χ2n) is 8.04. The predicted octanol–water partition coefficient (Wildman–Crippen LogP) is 4.61. The van der Waals surface area contributed by atoms with Gasteiger partial charge >= 0.3 is 0 Å². The fourth-order valence-electron chi connectivity index (χ4n) is 4.61. The molecule has 30 heavy (non-hydrogen) atoms. The Morgan fingerprint density at radius 3 is 2.47 bits per heavy atom. The Bertz CT molecular complexity index is 1320. The van der Waals surface area contributed by atoms with Crippen molar-refractivity contribution in [3.8, 4) is 29.3 Å². The van der Waals surface area contributed by atoms with Gasteiger partial charge in [-0.05, 0) is 48.4 Å². The standard InChI is InChI=1S/C26H23N3O/c1-3-16-28-25-23(26(30)29(28)20-12-8-5-9-13-20)21-15-14-18(2)17-22(21)24(27-25)19-10-6-4-7-11-19/h1,4-13,18H,14-17H2,2H3/t18-/m0/s1. The van der Waals surface area contributed by atoms with Gasteiger partial charge in [-0.3, -0.25) is 4.79 Å². The molecule has 4 nitrogen and oxygen atoms in total. The molecule has 0 radical (unpaired) electrons. The van der Waals surface area contributed by atoms with E-state index in [1.165, 1.54) is 5.56 Å². The monoisotopic (exact) mass is 393 g/mol. The first kappa shape index (κ1) is 18.4. The van der Waals surface area contributed by atoms with Crippen LogP contribution >= 0.6 is 0 Å². The minimum atomic E-state index is -0.0376. The van der Waals surface area contributed by atoms with Crippen LogP contribution in [0.4, 0.5) is 0 Å². The van der Waals surface area contributed by atoms with Gasteiger partial charge in [0.2, 0.25) is 0 Å². The van der Waals surface area contributed by atoms with E-state index in [-0.39, 0.29) is 12.1 Å². The van der Waals surface area contributed by atoms with Gasteiger partial charge in [-0.25, -0.2) is 14.3 Å². The molecule has 5 rings (SSSR count). The van der Waals surface area contributed by atoms with Crippen LogP contribution in [0.25, 0.3) is 28.0 Å². The molecule has 2 aromatic carbocycles. The number of hydrogen-bond acceptors (Lipinski definition) is 2. The molecule has 0 saturated carbocycles. The topological polar surface area (TPSA) is 39.8 Å². The van der Waals surface area contributed by atoms with Gasteiger partial charge in [0.25, 0.3) is 5.56 Å². The molecular formula is C26H23N3O. The number of nitrogens with zero attached hydrogens (tertiary/aromatic N) is 3. The SMILES string of the molecule is C#CCn1c2nc(-c3ccccc3)c3c(c2c(=O)n1-c1ccccc1)CC[C@H](C)C3. The number of fused-ring (bicyclic) bond motifs is 3. The predicted molar refractivity (Wildman–Crippen MR) is 121 cm³/mol. The fourth-order valence-corrected chi connectivity index (χ4v) is 4.61. The average Bonchev–Trinajstić information content (AvgIpc) is 3.06. The lowest BCUT2D eigenvalue weighted by molar-refractivity contribution is 0.503. The Morgan fingerprint density at radius 2 is 1.77 bits per heavy atom. The fraction of sp³-hybridized carbons (Fsp3) is 0.231. The minimum Gasteiger partial charge on any atom is -0.267 e. The lowest BCUT2D eigenvalue weighted by Gasteiger charge is -2.24. The summed E-state index contributed by atoms with van der Waals surface area (Å²) in [5, 5.41) is 0.718. The third kappa shape index (κ3) is 2.86. The van der Waals surface area contributed by atoms with Crippen LogP contribution in [0.1, 0.15) is 24.5 Å². The molecule has 4 heteroatoms. The van der Waals surface area contributed by atoms with Gasteiger partial charge in [-0.15, -0.1) is 6.42 Å². The summed E-state index contributed by atoms with van der Waals surface area (Å²) in [6.07, 6.45) is 8.60. The zero-order valence-electron chi connectivity index (χ0n) is 17.0. The second kappa shape index (κ2) is 7.35. The van der Waals surface area contributed by atoms with Crippen molar-refractivity contribution in [2.75, 3.05) is 0 Å². The number of aromatic nitrogens is 3. The maximum atomic E-state index is 13.7. The largest absolute Gasteiger partial charge is 0.281 e. The molecule has 0 spiro atoms. The molecule has 1 aliphatic rings. The van der Waals surface area contributed by atoms with Crippen molar-refractivity contribution in [1.82, 2.24) is 14.3 Å². The van der Waals surface area contributed by atoms with Crippen molar-refractivity contribution in [1.29, 1.82) is 0 Å². The summed E-state index contributed by atoms with van der Waals surface area (Å²) in [5.41, 5.74) is 5.84. The Balaban J connectivity index is 1.91. The average molecular weight is 393 g/mol. The van der Waals surface area contributed by atoms with Crippen LogP contribution in [-0.2, 0) is 19.4 Å². The Labute approximate surface area is 175 Å². The first-order valence-electron chi connectivity index (χ1n) is 10.4. The molecule has 4 aromatic rings. The van der Waals surface area contributed by atoms with Crippen molar-refractivity contribution in [3.05, 3.63) is 82.1 Å². The van der Waals surface area contributed by atoms with Gasteiger partial charge in [0.15, 0.2) is 5.65 Å². The number of para-hydroxylation sites is 1. The highest BCUT2D eigenvalue weighted by molar-refractivity contribution is 5.86. The third-order valence-electron chi connectivity index (χ3n) is 6.01. The van der Waals surface area contributed by atoms with Crippen LogP contribution in [0, 0.1) is 18.3 Å². The Kier molecular flexibility index (Phi) is 4.52. The molecule has 0 N–H and O–H groups in total. The summed E-state index contributed by atoms with van der Waals surface area (Å²) < 4.78 is 3.53. The van der Waals surface area contributed by atoms with Crippen molar-refractivity contribution >= 4 is 11.0 Å². The van der Waals surface area contributed by atoms with Gasteiger partial charge in [-0.1, -0.05) is 61.4 Å². The van der Waals surface area contributed by atoms with Crippen molar-refractivity contribution in [2.24, 2.45) is 5.92 Å². The Hall–Kier alpha value is -3.58. The molecule has 1 aliphatic carbocycles. The summed E-state index contributed by atoms with van der Waals surface area (Å²) in [6.45, 7) is 2.55. The van der Waals surface area contributed by atoms with Crippen LogP contribution in [-0.4, -0.2) is 14.3 Å². The number of rotatable bonds is 3. The van der Waals surface area contributed by atoms with Crippen molar-refractivity contribution < 1.29 is 0 Å². The second-order valence-corrected chi connectivity index (χ2v) is 8.04. The van der Waals surface area contributed by atoms with Gasteiger partial charge in [-0.2, -0.15) is 0 Å². The molecule has 2 aromatic heterocycles. The highest BCUT2D eigenvalue weighted by Gasteiger charge is 2.27. The van der Waals surface area contributed by atoms with E-state index in [9.17, 15) is 4.79 Å².